The van der Waals surface area contributed by atoms with Crippen molar-refractivity contribution in [1.29, 1.82) is 0 Å². The smallest absolute Gasteiger partial charge is 0.0426 e. The van der Waals surface area contributed by atoms with Gasteiger partial charge in [-0.2, -0.15) is 0 Å². The van der Waals surface area contributed by atoms with Gasteiger partial charge in [-0.15, -0.1) is 0 Å². The molecule has 0 radical (unpaired) electrons. The molecule has 100 valence electrons. The lowest BCUT2D eigenvalue weighted by molar-refractivity contribution is 0.864. The molecule has 2 rings (SSSR count). The van der Waals surface area contributed by atoms with Crippen LogP contribution >= 0.6 is 11.6 Å². The van der Waals surface area contributed by atoms with Crippen LogP contribution in [0.25, 0.3) is 0 Å². The molecule has 1 aromatic carbocycles. The Labute approximate surface area is 119 Å². The first-order valence-corrected chi connectivity index (χ1v) is 6.67. The summed E-state index contributed by atoms with van der Waals surface area (Å²) >= 11 is 6.06. The Morgan fingerprint density at radius 3 is 2.63 bits per heavy atom. The minimum Gasteiger partial charge on any atom is -0.374 e. The Hall–Kier alpha value is -1.58. The fraction of sp³-hybridized carbons (Fsp3) is 0.267. The molecule has 0 aliphatic rings. The van der Waals surface area contributed by atoms with E-state index in [1.807, 2.05) is 42.7 Å². The van der Waals surface area contributed by atoms with Crippen LogP contribution in [0.1, 0.15) is 11.1 Å². The summed E-state index contributed by atoms with van der Waals surface area (Å²) < 4.78 is 0. The number of halogens is 1. The molecule has 3 nitrogen and oxygen atoms in total. The van der Waals surface area contributed by atoms with Crippen LogP contribution in [0.3, 0.4) is 0 Å². The van der Waals surface area contributed by atoms with Gasteiger partial charge < -0.3 is 10.6 Å². The third kappa shape index (κ3) is 3.69. The fourth-order valence-electron chi connectivity index (χ4n) is 2.03. The highest BCUT2D eigenvalue weighted by Crippen LogP contribution is 2.24. The number of hydrogen-bond acceptors (Lipinski definition) is 3. The zero-order valence-corrected chi connectivity index (χ0v) is 11.8. The van der Waals surface area contributed by atoms with E-state index in [0.29, 0.717) is 6.54 Å². The Balaban J connectivity index is 2.07. The largest absolute Gasteiger partial charge is 0.374 e. The van der Waals surface area contributed by atoms with Crippen molar-refractivity contribution in [2.75, 3.05) is 18.5 Å². The molecule has 2 aromatic rings. The standard InChI is InChI=1S/C15H18ClN3/c1-19(9-6-12-4-7-18-8-5-12)15-10-14(16)3-2-13(15)11-17/h2-5,7-8,10H,6,9,11,17H2,1H3. The number of nitrogens with two attached hydrogens (primary N) is 1. The van der Waals surface area contributed by atoms with Crippen LogP contribution in [-0.4, -0.2) is 18.6 Å². The predicted molar refractivity (Wildman–Crippen MR) is 80.6 cm³/mol. The van der Waals surface area contributed by atoms with Gasteiger partial charge in [0.05, 0.1) is 0 Å². The van der Waals surface area contributed by atoms with Crippen molar-refractivity contribution < 1.29 is 0 Å². The molecule has 19 heavy (non-hydrogen) atoms. The Morgan fingerprint density at radius 1 is 1.21 bits per heavy atom. The lowest BCUT2D eigenvalue weighted by Crippen LogP contribution is -2.22. The van der Waals surface area contributed by atoms with E-state index in [2.05, 4.69) is 16.9 Å². The molecule has 0 atom stereocenters. The number of likely N-dealkylation sites (N-methyl/N-ethyl adjacent to an activating group) is 1. The predicted octanol–water partition coefficient (Wildman–Crippen LogP) is 2.87. The van der Waals surface area contributed by atoms with Crippen molar-refractivity contribution in [3.63, 3.8) is 0 Å². The van der Waals surface area contributed by atoms with Gasteiger partial charge in [0, 0.05) is 43.2 Å². The molecule has 1 aromatic heterocycles. The Bertz CT molecular complexity index is 528. The van der Waals surface area contributed by atoms with Gasteiger partial charge in [-0.25, -0.2) is 0 Å². The van der Waals surface area contributed by atoms with E-state index >= 15 is 0 Å². The SMILES string of the molecule is CN(CCc1ccncc1)c1cc(Cl)ccc1CN. The van der Waals surface area contributed by atoms with Gasteiger partial charge in [-0.1, -0.05) is 17.7 Å². The van der Waals surface area contributed by atoms with Crippen LogP contribution in [0.4, 0.5) is 5.69 Å². The zero-order valence-electron chi connectivity index (χ0n) is 11.0. The number of anilines is 1. The number of rotatable bonds is 5. The van der Waals surface area contributed by atoms with Crippen LogP contribution < -0.4 is 10.6 Å². The monoisotopic (exact) mass is 275 g/mol. The summed E-state index contributed by atoms with van der Waals surface area (Å²) in [7, 11) is 2.06. The van der Waals surface area contributed by atoms with Crippen LogP contribution in [-0.2, 0) is 13.0 Å². The van der Waals surface area contributed by atoms with Gasteiger partial charge in [-0.05, 0) is 41.8 Å². The van der Waals surface area contributed by atoms with Crippen molar-refractivity contribution in [1.82, 2.24) is 4.98 Å². The topological polar surface area (TPSA) is 42.2 Å². The molecular formula is C15H18ClN3. The van der Waals surface area contributed by atoms with E-state index in [-0.39, 0.29) is 0 Å². The lowest BCUT2D eigenvalue weighted by atomic mass is 10.1. The number of pyridine rings is 1. The minimum atomic E-state index is 0.520. The van der Waals surface area contributed by atoms with Gasteiger partial charge in [-0.3, -0.25) is 4.98 Å². The molecule has 1 heterocycles. The highest BCUT2D eigenvalue weighted by atomic mass is 35.5. The average Bonchev–Trinajstić information content (AvgIpc) is 2.46. The zero-order chi connectivity index (χ0) is 13.7. The van der Waals surface area contributed by atoms with Crippen LogP contribution in [0.5, 0.6) is 0 Å². The van der Waals surface area contributed by atoms with Crippen LogP contribution in [0.15, 0.2) is 42.7 Å². The summed E-state index contributed by atoms with van der Waals surface area (Å²) in [6.07, 6.45) is 4.61. The van der Waals surface area contributed by atoms with Gasteiger partial charge in [0.1, 0.15) is 0 Å². The highest BCUT2D eigenvalue weighted by molar-refractivity contribution is 6.30. The number of nitrogens with zero attached hydrogens (tertiary/aromatic N) is 2. The van der Waals surface area contributed by atoms with Crippen molar-refractivity contribution in [3.8, 4) is 0 Å². The van der Waals surface area contributed by atoms with E-state index in [4.69, 9.17) is 17.3 Å². The maximum absolute atomic E-state index is 6.06. The van der Waals surface area contributed by atoms with Crippen molar-refractivity contribution in [2.24, 2.45) is 5.73 Å². The van der Waals surface area contributed by atoms with E-state index in [1.165, 1.54) is 5.56 Å². The van der Waals surface area contributed by atoms with Gasteiger partial charge in [0.25, 0.3) is 0 Å². The van der Waals surface area contributed by atoms with E-state index in [0.717, 1.165) is 29.2 Å². The first-order chi connectivity index (χ1) is 9.20. The summed E-state index contributed by atoms with van der Waals surface area (Å²) in [5.74, 6) is 0. The van der Waals surface area contributed by atoms with Crippen molar-refractivity contribution >= 4 is 17.3 Å². The number of benzene rings is 1. The first kappa shape index (κ1) is 13.8. The molecule has 0 saturated carbocycles. The fourth-order valence-corrected chi connectivity index (χ4v) is 2.20. The molecule has 0 fully saturated rings. The maximum atomic E-state index is 6.06. The molecule has 0 spiro atoms. The summed E-state index contributed by atoms with van der Waals surface area (Å²) in [6.45, 7) is 1.43. The van der Waals surface area contributed by atoms with Crippen LogP contribution in [0.2, 0.25) is 5.02 Å². The summed E-state index contributed by atoms with van der Waals surface area (Å²) in [4.78, 5) is 6.21. The molecular weight excluding hydrogens is 258 g/mol. The van der Waals surface area contributed by atoms with Gasteiger partial charge >= 0.3 is 0 Å². The molecule has 0 amide bonds. The van der Waals surface area contributed by atoms with Crippen molar-refractivity contribution in [3.05, 3.63) is 58.9 Å². The van der Waals surface area contributed by atoms with E-state index in [1.54, 1.807) is 0 Å². The lowest BCUT2D eigenvalue weighted by Gasteiger charge is -2.22. The van der Waals surface area contributed by atoms with Gasteiger partial charge in [0.2, 0.25) is 0 Å². The average molecular weight is 276 g/mol. The second-order valence-electron chi connectivity index (χ2n) is 4.50. The second-order valence-corrected chi connectivity index (χ2v) is 4.94. The molecule has 0 unspecified atom stereocenters. The van der Waals surface area contributed by atoms with E-state index in [9.17, 15) is 0 Å². The third-order valence-corrected chi connectivity index (χ3v) is 3.40. The first-order valence-electron chi connectivity index (χ1n) is 6.29. The second kappa shape index (κ2) is 6.55. The molecule has 4 heteroatoms. The Kier molecular flexibility index (Phi) is 4.77. The molecule has 2 N–H and O–H groups in total. The third-order valence-electron chi connectivity index (χ3n) is 3.16. The Morgan fingerprint density at radius 2 is 1.95 bits per heavy atom. The number of hydrogen-bond donors (Lipinski definition) is 1. The molecule has 0 aliphatic carbocycles. The minimum absolute atomic E-state index is 0.520. The quantitative estimate of drug-likeness (QED) is 0.912. The molecule has 0 bridgehead atoms. The molecule has 0 saturated heterocycles. The molecule has 0 aliphatic heterocycles. The van der Waals surface area contributed by atoms with Crippen LogP contribution in [0, 0.1) is 0 Å². The summed E-state index contributed by atoms with van der Waals surface area (Å²) in [5, 5.41) is 0.739. The van der Waals surface area contributed by atoms with Gasteiger partial charge in [0.15, 0.2) is 0 Å². The highest BCUT2D eigenvalue weighted by Gasteiger charge is 2.07. The normalized spacial score (nSPS) is 10.5. The number of aromatic nitrogens is 1. The summed E-state index contributed by atoms with van der Waals surface area (Å²) in [5.41, 5.74) is 9.26. The maximum Gasteiger partial charge on any atom is 0.0426 e. The van der Waals surface area contributed by atoms with Crippen molar-refractivity contribution in [2.45, 2.75) is 13.0 Å². The summed E-state index contributed by atoms with van der Waals surface area (Å²) in [6, 6.07) is 9.91. The van der Waals surface area contributed by atoms with E-state index < -0.39 is 0 Å².